The highest BCUT2D eigenvalue weighted by Crippen LogP contribution is 2.10. The molecule has 0 spiro atoms. The maximum Gasteiger partial charge on any atom is 0.0872 e. The molecule has 0 radical (unpaired) electrons. The molecule has 56 valence electrons. The largest absolute Gasteiger partial charge is 0.245 e. The van der Waals surface area contributed by atoms with Crippen molar-refractivity contribution in [3.8, 4) is 12.3 Å². The van der Waals surface area contributed by atoms with Crippen molar-refractivity contribution in [3.05, 3.63) is 23.9 Å². The van der Waals surface area contributed by atoms with Crippen LogP contribution < -0.4 is 0 Å². The molecule has 0 amide bonds. The van der Waals surface area contributed by atoms with E-state index in [1.807, 2.05) is 13.0 Å². The van der Waals surface area contributed by atoms with Crippen LogP contribution in [0.1, 0.15) is 19.8 Å². The Morgan fingerprint density at radius 3 is 3.00 bits per heavy atom. The molecule has 0 aromatic carbocycles. The number of terminal acetylenes is 1. The third kappa shape index (κ3) is 2.43. The van der Waals surface area contributed by atoms with Crippen molar-refractivity contribution in [3.63, 3.8) is 0 Å². The number of nitrogens with zero attached hydrogens (tertiary/aromatic N) is 1. The van der Waals surface area contributed by atoms with E-state index in [0.29, 0.717) is 0 Å². The molecule has 0 aromatic rings. The van der Waals surface area contributed by atoms with E-state index in [0.717, 1.165) is 24.3 Å². The monoisotopic (exact) mass is 145 g/mol. The first-order chi connectivity index (χ1) is 5.33. The van der Waals surface area contributed by atoms with E-state index in [1.165, 1.54) is 0 Å². The van der Waals surface area contributed by atoms with Crippen LogP contribution in [0.3, 0.4) is 0 Å². The first-order valence-electron chi connectivity index (χ1n) is 3.71. The molecule has 0 aliphatic heterocycles. The maximum atomic E-state index is 5.16. The van der Waals surface area contributed by atoms with E-state index in [9.17, 15) is 0 Å². The fourth-order valence-corrected chi connectivity index (χ4v) is 0.908. The van der Waals surface area contributed by atoms with Gasteiger partial charge < -0.3 is 0 Å². The fraction of sp³-hybridized carbons (Fsp3) is 0.300. The summed E-state index contributed by atoms with van der Waals surface area (Å²) in [5, 5.41) is 0. The average molecular weight is 145 g/mol. The summed E-state index contributed by atoms with van der Waals surface area (Å²) in [6.07, 6.45) is 13.6. The van der Waals surface area contributed by atoms with Gasteiger partial charge in [-0.25, -0.2) is 4.99 Å². The molecule has 1 aliphatic carbocycles. The topological polar surface area (TPSA) is 12.4 Å². The van der Waals surface area contributed by atoms with Gasteiger partial charge in [-0.2, -0.15) is 0 Å². The van der Waals surface area contributed by atoms with Crippen molar-refractivity contribution >= 4 is 5.71 Å². The molecule has 0 saturated carbocycles. The molecule has 1 heteroatoms. The molecule has 0 bridgehead atoms. The number of hydrogen-bond acceptors (Lipinski definition) is 1. The first-order valence-corrected chi connectivity index (χ1v) is 3.71. The molecular weight excluding hydrogens is 134 g/mol. The summed E-state index contributed by atoms with van der Waals surface area (Å²) in [7, 11) is 0. The Morgan fingerprint density at radius 2 is 2.45 bits per heavy atom. The Balaban J connectivity index is 2.71. The van der Waals surface area contributed by atoms with Crippen LogP contribution in [-0.4, -0.2) is 5.71 Å². The molecular formula is C10H11N. The lowest BCUT2D eigenvalue weighted by atomic mass is 10.1. The maximum absolute atomic E-state index is 5.16. The lowest BCUT2D eigenvalue weighted by Crippen LogP contribution is -1.87. The van der Waals surface area contributed by atoms with E-state index >= 15 is 0 Å². The normalized spacial score (nSPS) is 17.5. The molecule has 1 rings (SSSR count). The lowest BCUT2D eigenvalue weighted by molar-refractivity contribution is 1.01. The van der Waals surface area contributed by atoms with Crippen LogP contribution in [0.4, 0.5) is 0 Å². The highest BCUT2D eigenvalue weighted by atomic mass is 14.7. The van der Waals surface area contributed by atoms with Crippen molar-refractivity contribution in [1.82, 2.24) is 0 Å². The third-order valence-corrected chi connectivity index (χ3v) is 1.48. The molecule has 1 aliphatic rings. The van der Waals surface area contributed by atoms with E-state index < -0.39 is 0 Å². The van der Waals surface area contributed by atoms with Gasteiger partial charge in [-0.1, -0.05) is 18.1 Å². The Kier molecular flexibility index (Phi) is 2.68. The van der Waals surface area contributed by atoms with Crippen molar-refractivity contribution in [1.29, 1.82) is 0 Å². The van der Waals surface area contributed by atoms with E-state index in [1.54, 1.807) is 0 Å². The summed E-state index contributed by atoms with van der Waals surface area (Å²) in [5.41, 5.74) is 1.73. The minimum absolute atomic E-state index is 0.739. The van der Waals surface area contributed by atoms with E-state index in [4.69, 9.17) is 6.42 Å². The molecule has 11 heavy (non-hydrogen) atoms. The van der Waals surface area contributed by atoms with E-state index in [2.05, 4.69) is 23.1 Å². The zero-order valence-electron chi connectivity index (χ0n) is 6.67. The SMILES string of the molecule is C#CC(C)=NC1=CCCC=C1. The summed E-state index contributed by atoms with van der Waals surface area (Å²) in [6, 6.07) is 0. The molecule has 0 saturated heterocycles. The van der Waals surface area contributed by atoms with Crippen LogP contribution in [-0.2, 0) is 0 Å². The van der Waals surface area contributed by atoms with Crippen molar-refractivity contribution < 1.29 is 0 Å². The van der Waals surface area contributed by atoms with Gasteiger partial charge in [-0.15, -0.1) is 6.42 Å². The first kappa shape index (κ1) is 7.81. The molecule has 0 atom stereocenters. The van der Waals surface area contributed by atoms with Gasteiger partial charge in [0.2, 0.25) is 0 Å². The highest BCUT2D eigenvalue weighted by Gasteiger charge is 1.93. The molecule has 0 aromatic heterocycles. The number of rotatable bonds is 1. The van der Waals surface area contributed by atoms with Gasteiger partial charge >= 0.3 is 0 Å². The average Bonchev–Trinajstić information content (AvgIpc) is 2.06. The molecule has 1 nitrogen and oxygen atoms in total. The van der Waals surface area contributed by atoms with Gasteiger partial charge in [0.25, 0.3) is 0 Å². The second-order valence-electron chi connectivity index (χ2n) is 2.45. The van der Waals surface area contributed by atoms with Crippen LogP contribution in [0, 0.1) is 12.3 Å². The molecule has 0 fully saturated rings. The highest BCUT2D eigenvalue weighted by molar-refractivity contribution is 5.98. The zero-order valence-corrected chi connectivity index (χ0v) is 6.67. The van der Waals surface area contributed by atoms with Crippen molar-refractivity contribution in [2.75, 3.05) is 0 Å². The number of allylic oxidation sites excluding steroid dienone is 3. The molecule has 0 N–H and O–H groups in total. The van der Waals surface area contributed by atoms with Crippen molar-refractivity contribution in [2.24, 2.45) is 4.99 Å². The third-order valence-electron chi connectivity index (χ3n) is 1.48. The smallest absolute Gasteiger partial charge is 0.0872 e. The van der Waals surface area contributed by atoms with Crippen LogP contribution in [0.25, 0.3) is 0 Å². The summed E-state index contributed by atoms with van der Waals surface area (Å²) in [5.74, 6) is 2.49. The van der Waals surface area contributed by atoms with E-state index in [-0.39, 0.29) is 0 Å². The zero-order chi connectivity index (χ0) is 8.10. The van der Waals surface area contributed by atoms with Crippen molar-refractivity contribution in [2.45, 2.75) is 19.8 Å². The summed E-state index contributed by atoms with van der Waals surface area (Å²) in [4.78, 5) is 4.21. The minimum atomic E-state index is 0.739. The summed E-state index contributed by atoms with van der Waals surface area (Å²) >= 11 is 0. The Bertz CT molecular complexity index is 261. The summed E-state index contributed by atoms with van der Waals surface area (Å²) in [6.45, 7) is 1.84. The van der Waals surface area contributed by atoms with Gasteiger partial charge in [0.1, 0.15) is 0 Å². The van der Waals surface area contributed by atoms with Crippen LogP contribution >= 0.6 is 0 Å². The quantitative estimate of drug-likeness (QED) is 0.396. The molecule has 0 heterocycles. The second-order valence-corrected chi connectivity index (χ2v) is 2.45. The molecule has 0 unspecified atom stereocenters. The van der Waals surface area contributed by atoms with Gasteiger partial charge in [0, 0.05) is 0 Å². The number of hydrogen-bond donors (Lipinski definition) is 0. The van der Waals surface area contributed by atoms with Gasteiger partial charge in [-0.3, -0.25) is 0 Å². The standard InChI is InChI=1S/C10H11N/c1-3-9(2)11-10-7-5-4-6-8-10/h1,5,7-8H,4,6H2,2H3. The lowest BCUT2D eigenvalue weighted by Gasteiger charge is -2.00. The van der Waals surface area contributed by atoms with Gasteiger partial charge in [0.05, 0.1) is 11.4 Å². The van der Waals surface area contributed by atoms with Crippen LogP contribution in [0.2, 0.25) is 0 Å². The Labute approximate surface area is 67.5 Å². The summed E-state index contributed by atoms with van der Waals surface area (Å²) < 4.78 is 0. The predicted octanol–water partition coefficient (Wildman–Crippen LogP) is 2.31. The van der Waals surface area contributed by atoms with Gasteiger partial charge in [0.15, 0.2) is 0 Å². The van der Waals surface area contributed by atoms with Crippen LogP contribution in [0.15, 0.2) is 28.9 Å². The second kappa shape index (κ2) is 3.78. The Hall–Kier alpha value is -1.29. The van der Waals surface area contributed by atoms with Crippen LogP contribution in [0.5, 0.6) is 0 Å². The minimum Gasteiger partial charge on any atom is -0.245 e. The van der Waals surface area contributed by atoms with Gasteiger partial charge in [-0.05, 0) is 25.8 Å². The Morgan fingerprint density at radius 1 is 1.64 bits per heavy atom. The fourth-order valence-electron chi connectivity index (χ4n) is 0.908. The predicted molar refractivity (Wildman–Crippen MR) is 48.4 cm³/mol. The number of aliphatic imine (C=N–C) groups is 1.